The first-order valence-electron chi connectivity index (χ1n) is 6.12. The van der Waals surface area contributed by atoms with Crippen molar-refractivity contribution in [2.45, 2.75) is 26.4 Å². The van der Waals surface area contributed by atoms with E-state index in [4.69, 9.17) is 4.74 Å². The molecule has 2 rings (SSSR count). The summed E-state index contributed by atoms with van der Waals surface area (Å²) >= 11 is 0. The van der Waals surface area contributed by atoms with Crippen LogP contribution in [0, 0.1) is 13.8 Å². The van der Waals surface area contributed by atoms with Crippen LogP contribution in [0.2, 0.25) is 0 Å². The molecule has 1 aliphatic heterocycles. The van der Waals surface area contributed by atoms with Crippen molar-refractivity contribution in [3.05, 3.63) is 28.8 Å². The highest BCUT2D eigenvalue weighted by atomic mass is 16.5. The van der Waals surface area contributed by atoms with Crippen molar-refractivity contribution in [1.29, 1.82) is 0 Å². The van der Waals surface area contributed by atoms with Gasteiger partial charge in [0.25, 0.3) is 0 Å². The molecular formula is C14H17NO4. The molecular weight excluding hydrogens is 246 g/mol. The summed E-state index contributed by atoms with van der Waals surface area (Å²) < 4.78 is 4.69. The predicted octanol–water partition coefficient (Wildman–Crippen LogP) is 1.19. The van der Waals surface area contributed by atoms with Gasteiger partial charge < -0.3 is 14.7 Å². The smallest absolute Gasteiger partial charge is 0.337 e. The Balaban J connectivity index is 2.43. The van der Waals surface area contributed by atoms with Gasteiger partial charge in [-0.1, -0.05) is 0 Å². The number of benzene rings is 1. The molecule has 5 nitrogen and oxygen atoms in total. The summed E-state index contributed by atoms with van der Waals surface area (Å²) in [7, 11) is 1.33. The van der Waals surface area contributed by atoms with E-state index in [1.165, 1.54) is 7.11 Å². The topological polar surface area (TPSA) is 66.8 Å². The Bertz CT molecular complexity index is 515. The molecule has 102 valence electrons. The molecule has 1 aliphatic rings. The molecule has 1 aromatic rings. The maximum atomic E-state index is 11.8. The molecule has 0 aliphatic carbocycles. The van der Waals surface area contributed by atoms with Crippen LogP contribution in [0.5, 0.6) is 0 Å². The number of rotatable bonds is 2. The van der Waals surface area contributed by atoms with Crippen LogP contribution in [0.3, 0.4) is 0 Å². The van der Waals surface area contributed by atoms with Crippen molar-refractivity contribution in [3.63, 3.8) is 0 Å². The van der Waals surface area contributed by atoms with Crippen molar-refractivity contribution in [1.82, 2.24) is 0 Å². The number of methoxy groups -OCH3 is 1. The van der Waals surface area contributed by atoms with Gasteiger partial charge >= 0.3 is 5.97 Å². The molecule has 1 atom stereocenters. The number of nitrogens with zero attached hydrogens (tertiary/aromatic N) is 1. The third-order valence-corrected chi connectivity index (χ3v) is 3.29. The first-order valence-corrected chi connectivity index (χ1v) is 6.12. The summed E-state index contributed by atoms with van der Waals surface area (Å²) in [5, 5.41) is 9.56. The number of ether oxygens (including phenoxy) is 1. The third-order valence-electron chi connectivity index (χ3n) is 3.29. The fourth-order valence-electron chi connectivity index (χ4n) is 2.52. The lowest BCUT2D eigenvalue weighted by Crippen LogP contribution is -2.27. The molecule has 5 heteroatoms. The van der Waals surface area contributed by atoms with Crippen LogP contribution in [-0.4, -0.2) is 36.7 Å². The van der Waals surface area contributed by atoms with Gasteiger partial charge in [-0.3, -0.25) is 4.79 Å². The van der Waals surface area contributed by atoms with Crippen molar-refractivity contribution >= 4 is 17.6 Å². The first kappa shape index (κ1) is 13.5. The SMILES string of the molecule is COC(=O)c1cc(C)c(N2CC(O)CC2=O)c(C)c1. The van der Waals surface area contributed by atoms with Gasteiger partial charge in [0.05, 0.1) is 31.7 Å². The zero-order valence-electron chi connectivity index (χ0n) is 11.3. The second-order valence-electron chi connectivity index (χ2n) is 4.81. The summed E-state index contributed by atoms with van der Waals surface area (Å²) in [4.78, 5) is 24.9. The van der Waals surface area contributed by atoms with Crippen molar-refractivity contribution in [2.24, 2.45) is 0 Å². The highest BCUT2D eigenvalue weighted by molar-refractivity contribution is 5.98. The van der Waals surface area contributed by atoms with Crippen molar-refractivity contribution in [3.8, 4) is 0 Å². The second kappa shape index (κ2) is 5.01. The highest BCUT2D eigenvalue weighted by Gasteiger charge is 2.31. The van der Waals surface area contributed by atoms with E-state index in [1.807, 2.05) is 13.8 Å². The number of hydrogen-bond acceptors (Lipinski definition) is 4. The number of carbonyl (C=O) groups excluding carboxylic acids is 2. The van der Waals surface area contributed by atoms with Gasteiger partial charge in [-0.15, -0.1) is 0 Å². The molecule has 1 fully saturated rings. The van der Waals surface area contributed by atoms with E-state index in [2.05, 4.69) is 0 Å². The van der Waals surface area contributed by atoms with Crippen LogP contribution >= 0.6 is 0 Å². The molecule has 1 N–H and O–H groups in total. The zero-order valence-corrected chi connectivity index (χ0v) is 11.3. The Morgan fingerprint density at radius 2 is 1.95 bits per heavy atom. The van der Waals surface area contributed by atoms with E-state index in [0.29, 0.717) is 12.1 Å². The fourth-order valence-corrected chi connectivity index (χ4v) is 2.52. The minimum Gasteiger partial charge on any atom is -0.465 e. The van der Waals surface area contributed by atoms with Gasteiger partial charge in [-0.05, 0) is 37.1 Å². The van der Waals surface area contributed by atoms with E-state index in [1.54, 1.807) is 17.0 Å². The monoisotopic (exact) mass is 263 g/mol. The Kier molecular flexibility index (Phi) is 3.57. The molecule has 0 radical (unpaired) electrons. The average Bonchev–Trinajstić information content (AvgIpc) is 2.66. The molecule has 1 heterocycles. The molecule has 1 aromatic carbocycles. The molecule has 19 heavy (non-hydrogen) atoms. The Morgan fingerprint density at radius 1 is 1.37 bits per heavy atom. The van der Waals surface area contributed by atoms with Crippen LogP contribution in [0.25, 0.3) is 0 Å². The molecule has 0 bridgehead atoms. The van der Waals surface area contributed by atoms with Crippen LogP contribution in [-0.2, 0) is 9.53 Å². The van der Waals surface area contributed by atoms with E-state index in [9.17, 15) is 14.7 Å². The molecule has 1 saturated heterocycles. The number of anilines is 1. The zero-order chi connectivity index (χ0) is 14.2. The highest BCUT2D eigenvalue weighted by Crippen LogP contribution is 2.30. The lowest BCUT2D eigenvalue weighted by molar-refractivity contribution is -0.117. The molecule has 0 saturated carbocycles. The normalized spacial score (nSPS) is 18.8. The molecule has 1 amide bonds. The lowest BCUT2D eigenvalue weighted by atomic mass is 10.0. The largest absolute Gasteiger partial charge is 0.465 e. The van der Waals surface area contributed by atoms with Gasteiger partial charge in [0.15, 0.2) is 0 Å². The second-order valence-corrected chi connectivity index (χ2v) is 4.81. The van der Waals surface area contributed by atoms with Crippen LogP contribution in [0.15, 0.2) is 12.1 Å². The van der Waals surface area contributed by atoms with Crippen LogP contribution < -0.4 is 4.90 Å². The van der Waals surface area contributed by atoms with E-state index < -0.39 is 12.1 Å². The summed E-state index contributed by atoms with van der Waals surface area (Å²) in [5.74, 6) is -0.491. The number of aryl methyl sites for hydroxylation is 2. The van der Waals surface area contributed by atoms with E-state index in [-0.39, 0.29) is 12.3 Å². The molecule has 0 aromatic heterocycles. The van der Waals surface area contributed by atoms with Crippen LogP contribution in [0.4, 0.5) is 5.69 Å². The number of carbonyl (C=O) groups is 2. The maximum absolute atomic E-state index is 11.8. The van der Waals surface area contributed by atoms with Gasteiger partial charge in [0.1, 0.15) is 0 Å². The molecule has 0 spiro atoms. The van der Waals surface area contributed by atoms with Crippen molar-refractivity contribution < 1.29 is 19.4 Å². The Labute approximate surface area is 111 Å². The van der Waals surface area contributed by atoms with Crippen molar-refractivity contribution in [2.75, 3.05) is 18.6 Å². The number of aliphatic hydroxyl groups is 1. The minimum absolute atomic E-state index is 0.0930. The number of aliphatic hydroxyl groups excluding tert-OH is 1. The van der Waals surface area contributed by atoms with E-state index >= 15 is 0 Å². The fraction of sp³-hybridized carbons (Fsp3) is 0.429. The van der Waals surface area contributed by atoms with Gasteiger partial charge in [-0.25, -0.2) is 4.79 Å². The summed E-state index contributed by atoms with van der Waals surface area (Å²) in [6, 6.07) is 3.40. The Morgan fingerprint density at radius 3 is 2.37 bits per heavy atom. The van der Waals surface area contributed by atoms with Gasteiger partial charge in [0.2, 0.25) is 5.91 Å². The average molecular weight is 263 g/mol. The lowest BCUT2D eigenvalue weighted by Gasteiger charge is -2.21. The summed E-state index contributed by atoms with van der Waals surface area (Å²) in [6.45, 7) is 3.98. The first-order chi connectivity index (χ1) is 8.93. The van der Waals surface area contributed by atoms with Crippen LogP contribution in [0.1, 0.15) is 27.9 Å². The standard InChI is InChI=1S/C14H17NO4/c1-8-4-10(14(18)19-3)5-9(2)13(8)15-7-11(16)6-12(15)17/h4-5,11,16H,6-7H2,1-3H3. The quantitative estimate of drug-likeness (QED) is 0.814. The summed E-state index contributed by atoms with van der Waals surface area (Å²) in [5.41, 5.74) is 2.88. The molecule has 1 unspecified atom stereocenters. The number of hydrogen-bond donors (Lipinski definition) is 1. The predicted molar refractivity (Wildman–Crippen MR) is 70.2 cm³/mol. The number of β-amino-alcohol motifs (C(OH)–C–C–N with tert-alkyl or cyclic N) is 1. The van der Waals surface area contributed by atoms with E-state index in [0.717, 1.165) is 16.8 Å². The number of esters is 1. The Hall–Kier alpha value is -1.88. The van der Waals surface area contributed by atoms with Gasteiger partial charge in [-0.2, -0.15) is 0 Å². The third kappa shape index (κ3) is 2.46. The maximum Gasteiger partial charge on any atom is 0.337 e. The van der Waals surface area contributed by atoms with Gasteiger partial charge in [0, 0.05) is 5.69 Å². The minimum atomic E-state index is -0.619. The summed E-state index contributed by atoms with van der Waals surface area (Å²) in [6.07, 6.45) is -0.468. The number of amides is 1.